The van der Waals surface area contributed by atoms with Gasteiger partial charge in [0.25, 0.3) is 5.84 Å². The van der Waals surface area contributed by atoms with Gasteiger partial charge in [-0.25, -0.2) is 9.48 Å². The molecule has 5 aromatic rings. The lowest BCUT2D eigenvalue weighted by molar-refractivity contribution is -0.587. The molecule has 0 aromatic heterocycles. The Bertz CT molecular complexity index is 1720. The number of nitrogens with zero attached hydrogens (tertiary/aromatic N) is 2. The minimum absolute atomic E-state index is 0.386. The number of aliphatic carboxylic acids is 1. The van der Waals surface area contributed by atoms with Crippen LogP contribution in [0.4, 0.5) is 0 Å². The Morgan fingerprint density at radius 2 is 1.33 bits per heavy atom. The molecule has 43 heavy (non-hydrogen) atoms. The van der Waals surface area contributed by atoms with Crippen molar-refractivity contribution in [1.29, 1.82) is 0 Å². The third-order valence-corrected chi connectivity index (χ3v) is 9.05. The fourth-order valence-corrected chi connectivity index (χ4v) is 6.71. The molecule has 0 fully saturated rings. The number of carbonyl (C=O) groups excluding carboxylic acids is 1. The summed E-state index contributed by atoms with van der Waals surface area (Å²) >= 11 is 1.64. The molecule has 0 N–H and O–H groups in total. The molecule has 2 atom stereocenters. The Labute approximate surface area is 258 Å². The van der Waals surface area contributed by atoms with Gasteiger partial charge in [-0.3, -0.25) is 0 Å². The number of thioether (sulfide) groups is 1. The largest absolute Gasteiger partial charge is 0.545 e. The summed E-state index contributed by atoms with van der Waals surface area (Å²) in [7, 11) is 0. The first-order valence-electron chi connectivity index (χ1n) is 14.5. The zero-order valence-electron chi connectivity index (χ0n) is 24.4. The van der Waals surface area contributed by atoms with E-state index in [0.29, 0.717) is 18.7 Å². The van der Waals surface area contributed by atoms with Crippen LogP contribution in [0, 0.1) is 6.92 Å². The Balaban J connectivity index is 1.71. The van der Waals surface area contributed by atoms with Gasteiger partial charge in [-0.1, -0.05) is 121 Å². The second-order valence-electron chi connectivity index (χ2n) is 11.0. The summed E-state index contributed by atoms with van der Waals surface area (Å²) < 4.78 is 2.27. The number of aryl methyl sites for hydroxylation is 1. The van der Waals surface area contributed by atoms with Crippen molar-refractivity contribution in [2.45, 2.75) is 36.5 Å². The number of benzene rings is 5. The van der Waals surface area contributed by atoms with Crippen LogP contribution in [-0.4, -0.2) is 27.5 Å². The molecule has 6 rings (SSSR count). The third-order valence-electron chi connectivity index (χ3n) is 8.31. The predicted molar refractivity (Wildman–Crippen MR) is 172 cm³/mol. The minimum Gasteiger partial charge on any atom is -0.545 e. The lowest BCUT2D eigenvalue weighted by Gasteiger charge is -2.39. The second-order valence-corrected chi connectivity index (χ2v) is 11.9. The van der Waals surface area contributed by atoms with Gasteiger partial charge in [0.05, 0.1) is 11.5 Å². The molecule has 1 aliphatic heterocycles. The summed E-state index contributed by atoms with van der Waals surface area (Å²) in [5.41, 5.74) is 4.26. The molecule has 2 unspecified atom stereocenters. The van der Waals surface area contributed by atoms with E-state index in [1.807, 2.05) is 85.1 Å². The molecule has 214 valence electrons. The van der Waals surface area contributed by atoms with Crippen LogP contribution >= 0.6 is 11.8 Å². The Hall–Kier alpha value is -4.61. The van der Waals surface area contributed by atoms with Crippen LogP contribution in [0.3, 0.4) is 0 Å². The van der Waals surface area contributed by atoms with Crippen molar-refractivity contribution in [2.24, 2.45) is 0 Å². The molecule has 1 aliphatic rings. The van der Waals surface area contributed by atoms with Crippen molar-refractivity contribution >= 4 is 23.6 Å². The van der Waals surface area contributed by atoms with Crippen molar-refractivity contribution < 1.29 is 14.5 Å². The zero-order chi connectivity index (χ0) is 29.8. The molecule has 0 amide bonds. The Morgan fingerprint density at radius 3 is 1.88 bits per heavy atom. The highest BCUT2D eigenvalue weighted by molar-refractivity contribution is 7.98. The minimum atomic E-state index is -1.54. The molecule has 5 aromatic carbocycles. The lowest BCUT2D eigenvalue weighted by Crippen LogP contribution is -2.59. The van der Waals surface area contributed by atoms with Crippen molar-refractivity contribution in [3.63, 3.8) is 0 Å². The van der Waals surface area contributed by atoms with E-state index >= 15 is 0 Å². The third kappa shape index (κ3) is 5.37. The number of carboxylic acids is 1. The van der Waals surface area contributed by atoms with E-state index in [2.05, 4.69) is 77.1 Å². The van der Waals surface area contributed by atoms with Gasteiger partial charge < -0.3 is 9.90 Å². The molecule has 5 heteroatoms. The molecule has 4 nitrogen and oxygen atoms in total. The summed E-state index contributed by atoms with van der Waals surface area (Å²) in [6, 6.07) is 46.2. The number of hydrogen-bond acceptors (Lipinski definition) is 4. The van der Waals surface area contributed by atoms with Gasteiger partial charge in [0.1, 0.15) is 13.1 Å². The molecule has 1 heterocycles. The van der Waals surface area contributed by atoms with E-state index in [0.717, 1.165) is 38.5 Å². The van der Waals surface area contributed by atoms with Crippen molar-refractivity contribution in [2.75, 3.05) is 6.26 Å². The molecule has 0 spiro atoms. The second kappa shape index (κ2) is 12.3. The maximum Gasteiger partial charge on any atom is 0.281 e. The molecular weight excluding hydrogens is 548 g/mol. The summed E-state index contributed by atoms with van der Waals surface area (Å²) in [5, 5.41) is 14.1. The van der Waals surface area contributed by atoms with E-state index < -0.39 is 17.6 Å². The van der Waals surface area contributed by atoms with Gasteiger partial charge >= 0.3 is 0 Å². The molecule has 0 radical (unpaired) electrons. The first-order valence-corrected chi connectivity index (χ1v) is 15.7. The van der Waals surface area contributed by atoms with Crippen molar-refractivity contribution in [1.82, 2.24) is 4.90 Å². The SMILES string of the molecule is CSc1ccc(C2(C(=O)[O-])C(c3ccc(C)cc3)[N+](Cc3ccccc3)=C(c3ccccc3)N2Cc2ccccc2)cc1. The number of carboxylic acid groups (broad SMARTS) is 1. The first-order chi connectivity index (χ1) is 21.0. The molecular formula is C38H34N2O2S. The van der Waals surface area contributed by atoms with Crippen LogP contribution in [0.15, 0.2) is 144 Å². The van der Waals surface area contributed by atoms with Gasteiger partial charge in [0, 0.05) is 16.0 Å². The molecule has 0 saturated carbocycles. The smallest absolute Gasteiger partial charge is 0.281 e. The standard InChI is InChI=1S/C38H34N2O2S/c1-28-18-20-31(21-19-28)35-38(37(41)42,33-22-24-34(43-2)25-23-33)40(27-30-14-8-4-9-15-30)36(32-16-10-5-11-17-32)39(35)26-29-12-6-3-7-13-29/h3-25,35H,26-27H2,1-2H3. The van der Waals surface area contributed by atoms with Crippen LogP contribution in [0.1, 0.15) is 39.4 Å². The van der Waals surface area contributed by atoms with Gasteiger partial charge in [-0.15, -0.1) is 11.8 Å². The number of carbonyl (C=O) groups is 1. The van der Waals surface area contributed by atoms with E-state index in [1.165, 1.54) is 0 Å². The Morgan fingerprint density at radius 1 is 0.767 bits per heavy atom. The quantitative estimate of drug-likeness (QED) is 0.146. The average Bonchev–Trinajstić information content (AvgIpc) is 3.33. The maximum absolute atomic E-state index is 14.1. The van der Waals surface area contributed by atoms with Crippen LogP contribution in [-0.2, 0) is 23.4 Å². The number of hydrogen-bond donors (Lipinski definition) is 0. The van der Waals surface area contributed by atoms with Gasteiger partial charge in [0.15, 0.2) is 6.04 Å². The van der Waals surface area contributed by atoms with E-state index in [9.17, 15) is 9.90 Å². The maximum atomic E-state index is 14.1. The highest BCUT2D eigenvalue weighted by Crippen LogP contribution is 2.49. The van der Waals surface area contributed by atoms with Gasteiger partial charge in [-0.05, 0) is 48.6 Å². The molecule has 0 bridgehead atoms. The number of rotatable bonds is 9. The Kier molecular flexibility index (Phi) is 8.17. The van der Waals surface area contributed by atoms with E-state index in [-0.39, 0.29) is 0 Å². The molecule has 0 saturated heterocycles. The van der Waals surface area contributed by atoms with Crippen LogP contribution < -0.4 is 5.11 Å². The average molecular weight is 583 g/mol. The monoisotopic (exact) mass is 582 g/mol. The van der Waals surface area contributed by atoms with Crippen LogP contribution in [0.25, 0.3) is 0 Å². The fourth-order valence-electron chi connectivity index (χ4n) is 6.31. The van der Waals surface area contributed by atoms with Crippen molar-refractivity contribution in [3.8, 4) is 0 Å². The van der Waals surface area contributed by atoms with Crippen LogP contribution in [0.5, 0.6) is 0 Å². The van der Waals surface area contributed by atoms with Crippen LogP contribution in [0.2, 0.25) is 0 Å². The summed E-state index contributed by atoms with van der Waals surface area (Å²) in [6.07, 6.45) is 2.03. The highest BCUT2D eigenvalue weighted by atomic mass is 32.2. The summed E-state index contributed by atoms with van der Waals surface area (Å²) in [6.45, 7) is 2.96. The zero-order valence-corrected chi connectivity index (χ0v) is 25.2. The van der Waals surface area contributed by atoms with Crippen molar-refractivity contribution in [3.05, 3.63) is 173 Å². The first kappa shape index (κ1) is 28.5. The lowest BCUT2D eigenvalue weighted by atomic mass is 9.78. The topological polar surface area (TPSA) is 46.4 Å². The summed E-state index contributed by atoms with van der Waals surface area (Å²) in [5.74, 6) is -0.271. The highest BCUT2D eigenvalue weighted by Gasteiger charge is 2.63. The van der Waals surface area contributed by atoms with Gasteiger partial charge in [-0.2, -0.15) is 0 Å². The predicted octanol–water partition coefficient (Wildman–Crippen LogP) is 6.58. The molecule has 0 aliphatic carbocycles. The van der Waals surface area contributed by atoms with E-state index in [4.69, 9.17) is 0 Å². The number of amidine groups is 1. The van der Waals surface area contributed by atoms with Gasteiger partial charge in [0.2, 0.25) is 5.54 Å². The normalized spacial score (nSPS) is 18.2. The van der Waals surface area contributed by atoms with E-state index in [1.54, 1.807) is 11.8 Å². The fraction of sp³-hybridized carbons (Fsp3) is 0.158. The summed E-state index contributed by atoms with van der Waals surface area (Å²) in [4.78, 5) is 17.3.